The molecule has 106 valence electrons. The molecule has 2 rings (SSSR count). The number of benzene rings is 2. The van der Waals surface area contributed by atoms with Gasteiger partial charge in [-0.05, 0) is 35.4 Å². The van der Waals surface area contributed by atoms with Crippen molar-refractivity contribution in [1.82, 2.24) is 0 Å². The molecule has 6 heteroatoms. The van der Waals surface area contributed by atoms with Gasteiger partial charge in [-0.2, -0.15) is 5.26 Å². The summed E-state index contributed by atoms with van der Waals surface area (Å²) in [6.45, 7) is 0.0882. The number of nitrogens with zero attached hydrogens (tertiary/aromatic N) is 2. The molecule has 0 atom stereocenters. The number of non-ortho nitro benzene ring substituents is 1. The maximum Gasteiger partial charge on any atom is 0.269 e. The molecule has 0 bridgehead atoms. The smallest absolute Gasteiger partial charge is 0.269 e. The SMILES string of the molecule is N#CCc1ccc(F)c(OCc2ccc([N+](=O)[O-])cc2)c1. The Morgan fingerprint density at radius 2 is 1.86 bits per heavy atom. The highest BCUT2D eigenvalue weighted by Crippen LogP contribution is 2.21. The highest BCUT2D eigenvalue weighted by molar-refractivity contribution is 5.34. The minimum atomic E-state index is -0.515. The summed E-state index contributed by atoms with van der Waals surface area (Å²) in [5.41, 5.74) is 1.34. The summed E-state index contributed by atoms with van der Waals surface area (Å²) < 4.78 is 18.9. The van der Waals surface area contributed by atoms with E-state index in [0.29, 0.717) is 11.1 Å². The lowest BCUT2D eigenvalue weighted by atomic mass is 10.1. The van der Waals surface area contributed by atoms with Crippen molar-refractivity contribution in [2.24, 2.45) is 0 Å². The number of ether oxygens (including phenoxy) is 1. The molecular formula is C15H11FN2O3. The molecule has 0 radical (unpaired) electrons. The first-order valence-electron chi connectivity index (χ1n) is 6.11. The summed E-state index contributed by atoms with van der Waals surface area (Å²) in [6.07, 6.45) is 0.175. The van der Waals surface area contributed by atoms with Crippen molar-refractivity contribution in [3.05, 3.63) is 69.5 Å². The van der Waals surface area contributed by atoms with Gasteiger partial charge in [0.15, 0.2) is 11.6 Å². The van der Waals surface area contributed by atoms with Crippen LogP contribution in [-0.4, -0.2) is 4.92 Å². The van der Waals surface area contributed by atoms with Crippen LogP contribution in [0.1, 0.15) is 11.1 Å². The van der Waals surface area contributed by atoms with Gasteiger partial charge in [-0.1, -0.05) is 6.07 Å². The van der Waals surface area contributed by atoms with Crippen LogP contribution in [0.25, 0.3) is 0 Å². The monoisotopic (exact) mass is 286 g/mol. The lowest BCUT2D eigenvalue weighted by molar-refractivity contribution is -0.384. The lowest BCUT2D eigenvalue weighted by Crippen LogP contribution is -1.99. The summed E-state index contributed by atoms with van der Waals surface area (Å²) in [4.78, 5) is 10.0. The minimum Gasteiger partial charge on any atom is -0.486 e. The van der Waals surface area contributed by atoms with Crippen LogP contribution in [0.4, 0.5) is 10.1 Å². The minimum absolute atomic E-state index is 0.0130. The van der Waals surface area contributed by atoms with Crippen LogP contribution >= 0.6 is 0 Å². The van der Waals surface area contributed by atoms with E-state index in [1.807, 2.05) is 6.07 Å². The van der Waals surface area contributed by atoms with Crippen LogP contribution in [-0.2, 0) is 13.0 Å². The van der Waals surface area contributed by atoms with E-state index in [4.69, 9.17) is 10.00 Å². The first kappa shape index (κ1) is 14.5. The van der Waals surface area contributed by atoms with Gasteiger partial charge >= 0.3 is 0 Å². The highest BCUT2D eigenvalue weighted by atomic mass is 19.1. The van der Waals surface area contributed by atoms with Crippen LogP contribution in [0.2, 0.25) is 0 Å². The second kappa shape index (κ2) is 6.48. The zero-order valence-electron chi connectivity index (χ0n) is 11.0. The Labute approximate surface area is 120 Å². The average molecular weight is 286 g/mol. The summed E-state index contributed by atoms with van der Waals surface area (Å²) in [5.74, 6) is -0.459. The normalized spacial score (nSPS) is 9.90. The van der Waals surface area contributed by atoms with Gasteiger partial charge in [0.1, 0.15) is 6.61 Å². The Hall–Kier alpha value is -2.94. The number of halogens is 1. The van der Waals surface area contributed by atoms with Crippen LogP contribution < -0.4 is 4.74 Å². The van der Waals surface area contributed by atoms with Gasteiger partial charge in [0.05, 0.1) is 17.4 Å². The molecule has 0 fully saturated rings. The number of nitro groups is 1. The van der Waals surface area contributed by atoms with E-state index >= 15 is 0 Å². The standard InChI is InChI=1S/C15H11FN2O3/c16-14-6-3-11(7-8-17)9-15(14)21-10-12-1-4-13(5-2-12)18(19)20/h1-6,9H,7,10H2. The molecule has 0 aromatic heterocycles. The molecule has 0 N–H and O–H groups in total. The van der Waals surface area contributed by atoms with Gasteiger partial charge in [-0.15, -0.1) is 0 Å². The Kier molecular flexibility index (Phi) is 4.46. The predicted molar refractivity (Wildman–Crippen MR) is 73.1 cm³/mol. The molecule has 21 heavy (non-hydrogen) atoms. The Balaban J connectivity index is 2.07. The molecular weight excluding hydrogens is 275 g/mol. The van der Waals surface area contributed by atoms with Crippen molar-refractivity contribution in [2.75, 3.05) is 0 Å². The Morgan fingerprint density at radius 1 is 1.19 bits per heavy atom. The van der Waals surface area contributed by atoms with Gasteiger partial charge in [0.2, 0.25) is 0 Å². The van der Waals surface area contributed by atoms with Gasteiger partial charge in [-0.3, -0.25) is 10.1 Å². The van der Waals surface area contributed by atoms with Crippen molar-refractivity contribution < 1.29 is 14.1 Å². The predicted octanol–water partition coefficient (Wildman–Crippen LogP) is 3.38. The summed E-state index contributed by atoms with van der Waals surface area (Å²) in [5, 5.41) is 19.2. The topological polar surface area (TPSA) is 76.2 Å². The first-order valence-corrected chi connectivity index (χ1v) is 6.11. The van der Waals surface area contributed by atoms with E-state index in [1.165, 1.54) is 30.3 Å². The van der Waals surface area contributed by atoms with E-state index in [9.17, 15) is 14.5 Å². The quantitative estimate of drug-likeness (QED) is 0.623. The fraction of sp³-hybridized carbons (Fsp3) is 0.133. The van der Waals surface area contributed by atoms with E-state index < -0.39 is 10.7 Å². The molecule has 0 aliphatic rings. The second-order valence-corrected chi connectivity index (χ2v) is 4.31. The number of nitro benzene ring substituents is 1. The van der Waals surface area contributed by atoms with E-state index in [1.54, 1.807) is 12.1 Å². The molecule has 0 amide bonds. The van der Waals surface area contributed by atoms with Crippen LogP contribution in [0, 0.1) is 27.3 Å². The number of nitriles is 1. The number of rotatable bonds is 5. The fourth-order valence-corrected chi connectivity index (χ4v) is 1.73. The molecule has 0 saturated heterocycles. The lowest BCUT2D eigenvalue weighted by Gasteiger charge is -2.08. The van der Waals surface area contributed by atoms with Gasteiger partial charge < -0.3 is 4.74 Å². The summed E-state index contributed by atoms with van der Waals surface area (Å²) >= 11 is 0. The zero-order chi connectivity index (χ0) is 15.2. The summed E-state index contributed by atoms with van der Waals surface area (Å²) in [6, 6.07) is 12.1. The molecule has 0 aliphatic carbocycles. The van der Waals surface area contributed by atoms with E-state index in [2.05, 4.69) is 0 Å². The fourth-order valence-electron chi connectivity index (χ4n) is 1.73. The van der Waals surface area contributed by atoms with E-state index in [0.717, 1.165) is 0 Å². The summed E-state index contributed by atoms with van der Waals surface area (Å²) in [7, 11) is 0. The van der Waals surface area contributed by atoms with Crippen molar-refractivity contribution in [1.29, 1.82) is 5.26 Å². The number of hydrogen-bond acceptors (Lipinski definition) is 4. The molecule has 2 aromatic carbocycles. The average Bonchev–Trinajstić information content (AvgIpc) is 2.48. The zero-order valence-corrected chi connectivity index (χ0v) is 11.0. The maximum atomic E-state index is 13.6. The second-order valence-electron chi connectivity index (χ2n) is 4.31. The largest absolute Gasteiger partial charge is 0.486 e. The third kappa shape index (κ3) is 3.76. The van der Waals surface area contributed by atoms with Crippen molar-refractivity contribution >= 4 is 5.69 Å². The third-order valence-electron chi connectivity index (χ3n) is 2.82. The van der Waals surface area contributed by atoms with Crippen molar-refractivity contribution in [3.8, 4) is 11.8 Å². The Bertz CT molecular complexity index is 693. The molecule has 0 spiro atoms. The highest BCUT2D eigenvalue weighted by Gasteiger charge is 2.07. The van der Waals surface area contributed by atoms with Crippen LogP contribution in [0.15, 0.2) is 42.5 Å². The maximum absolute atomic E-state index is 13.6. The van der Waals surface area contributed by atoms with Gasteiger partial charge in [0.25, 0.3) is 5.69 Å². The van der Waals surface area contributed by atoms with Crippen molar-refractivity contribution in [3.63, 3.8) is 0 Å². The van der Waals surface area contributed by atoms with Crippen LogP contribution in [0.3, 0.4) is 0 Å². The molecule has 5 nitrogen and oxygen atoms in total. The molecule has 0 heterocycles. The van der Waals surface area contributed by atoms with Gasteiger partial charge in [0, 0.05) is 12.1 Å². The van der Waals surface area contributed by atoms with E-state index in [-0.39, 0.29) is 24.5 Å². The first-order chi connectivity index (χ1) is 10.1. The van der Waals surface area contributed by atoms with Crippen LogP contribution in [0.5, 0.6) is 5.75 Å². The molecule has 0 aliphatic heterocycles. The van der Waals surface area contributed by atoms with Crippen molar-refractivity contribution in [2.45, 2.75) is 13.0 Å². The molecule has 2 aromatic rings. The molecule has 0 unspecified atom stereocenters. The molecule has 0 saturated carbocycles. The Morgan fingerprint density at radius 3 is 2.48 bits per heavy atom. The van der Waals surface area contributed by atoms with Gasteiger partial charge in [-0.25, -0.2) is 4.39 Å². The number of hydrogen-bond donors (Lipinski definition) is 0. The third-order valence-corrected chi connectivity index (χ3v) is 2.82.